The quantitative estimate of drug-likeness (QED) is 0.159. The monoisotopic (exact) mass is 896 g/mol. The lowest BCUT2D eigenvalue weighted by atomic mass is 9.67. The molecular weight excluding hydrogens is 849 g/mol. The molecule has 0 atom stereocenters. The van der Waals surface area contributed by atoms with Gasteiger partial charge in [0.05, 0.1) is 22.1 Å². The van der Waals surface area contributed by atoms with E-state index in [4.69, 9.17) is 4.42 Å². The summed E-state index contributed by atoms with van der Waals surface area (Å²) in [6.07, 6.45) is 18.3. The first-order chi connectivity index (χ1) is 34.7. The summed E-state index contributed by atoms with van der Waals surface area (Å²) in [5, 5.41) is 6.05. The Morgan fingerprint density at radius 1 is 0.557 bits per heavy atom. The van der Waals surface area contributed by atoms with Gasteiger partial charge in [0.2, 0.25) is 0 Å². The molecule has 3 aliphatic rings. The summed E-state index contributed by atoms with van der Waals surface area (Å²) in [6, 6.07) is 72.3. The van der Waals surface area contributed by atoms with Crippen molar-refractivity contribution in [2.75, 3.05) is 4.90 Å². The van der Waals surface area contributed by atoms with Gasteiger partial charge in [0, 0.05) is 45.2 Å². The zero-order chi connectivity index (χ0) is 46.3. The van der Waals surface area contributed by atoms with Crippen molar-refractivity contribution in [2.24, 2.45) is 0 Å². The van der Waals surface area contributed by atoms with Crippen molar-refractivity contribution in [3.05, 3.63) is 270 Å². The molecule has 332 valence electrons. The minimum atomic E-state index is -0.676. The average molecular weight is 897 g/mol. The van der Waals surface area contributed by atoms with Crippen LogP contribution in [-0.2, 0) is 11.8 Å². The average Bonchev–Trinajstić information content (AvgIpc) is 3.99. The number of fused-ring (bicyclic) bond motifs is 12. The Hall–Kier alpha value is -8.66. The van der Waals surface area contributed by atoms with E-state index in [9.17, 15) is 0 Å². The molecule has 3 nitrogen and oxygen atoms in total. The molecule has 0 saturated carbocycles. The Labute approximate surface area is 407 Å². The molecule has 70 heavy (non-hydrogen) atoms. The molecule has 9 aromatic carbocycles. The smallest absolute Gasteiger partial charge is 0.159 e. The Bertz CT molecular complexity index is 3990. The molecule has 14 rings (SSSR count). The molecule has 0 unspecified atom stereocenters. The maximum atomic E-state index is 7.48. The van der Waals surface area contributed by atoms with Crippen LogP contribution in [0, 0.1) is 6.92 Å². The van der Waals surface area contributed by atoms with Crippen LogP contribution in [-0.4, -0.2) is 4.57 Å². The fourth-order valence-electron chi connectivity index (χ4n) is 12.2. The number of anilines is 3. The van der Waals surface area contributed by atoms with Crippen LogP contribution in [0.15, 0.2) is 235 Å². The van der Waals surface area contributed by atoms with E-state index in [2.05, 4.69) is 253 Å². The molecule has 0 aliphatic heterocycles. The van der Waals surface area contributed by atoms with Crippen LogP contribution < -0.4 is 4.90 Å². The fraction of sp³-hybridized carbons (Fsp3) is 0.0746. The minimum Gasteiger partial charge on any atom is -0.458 e. The first-order valence-corrected chi connectivity index (χ1v) is 24.6. The van der Waals surface area contributed by atoms with Gasteiger partial charge in [-0.05, 0) is 129 Å². The van der Waals surface area contributed by atoms with Gasteiger partial charge >= 0.3 is 0 Å². The molecule has 0 bridgehead atoms. The fourth-order valence-corrected chi connectivity index (χ4v) is 12.2. The lowest BCUT2D eigenvalue weighted by Gasteiger charge is -2.35. The van der Waals surface area contributed by atoms with Crippen LogP contribution in [0.1, 0.15) is 52.0 Å². The van der Waals surface area contributed by atoms with E-state index >= 15 is 0 Å². The molecule has 0 fully saturated rings. The van der Waals surface area contributed by atoms with Crippen LogP contribution in [0.5, 0.6) is 0 Å². The van der Waals surface area contributed by atoms with Crippen molar-refractivity contribution < 1.29 is 4.42 Å². The van der Waals surface area contributed by atoms with Crippen LogP contribution in [0.4, 0.5) is 17.1 Å². The second-order valence-electron chi connectivity index (χ2n) is 19.0. The van der Waals surface area contributed by atoms with Crippen molar-refractivity contribution in [2.45, 2.75) is 31.6 Å². The van der Waals surface area contributed by atoms with E-state index < -0.39 is 5.41 Å². The van der Waals surface area contributed by atoms with Crippen molar-refractivity contribution in [3.8, 4) is 22.3 Å². The molecular formula is C67H48N2O. The molecule has 0 spiro atoms. The van der Waals surface area contributed by atoms with E-state index in [1.165, 1.54) is 88.3 Å². The number of allylic oxidation sites excluding steroid dienone is 7. The Morgan fingerprint density at radius 2 is 1.26 bits per heavy atom. The van der Waals surface area contributed by atoms with Gasteiger partial charge in [0.15, 0.2) is 5.58 Å². The first-order valence-electron chi connectivity index (χ1n) is 24.6. The molecule has 2 aromatic heterocycles. The largest absolute Gasteiger partial charge is 0.458 e. The molecule has 0 N–H and O–H groups in total. The van der Waals surface area contributed by atoms with Gasteiger partial charge in [-0.2, -0.15) is 0 Å². The van der Waals surface area contributed by atoms with Gasteiger partial charge < -0.3 is 13.9 Å². The molecule has 0 radical (unpaired) electrons. The Balaban J connectivity index is 1.15. The highest BCUT2D eigenvalue weighted by atomic mass is 16.3. The third kappa shape index (κ3) is 5.94. The third-order valence-corrected chi connectivity index (χ3v) is 15.3. The lowest BCUT2D eigenvalue weighted by molar-refractivity contribution is 0.565. The highest BCUT2D eigenvalue weighted by Gasteiger charge is 2.49. The van der Waals surface area contributed by atoms with Gasteiger partial charge in [0.25, 0.3) is 0 Å². The Morgan fingerprint density at radius 3 is 2.04 bits per heavy atom. The van der Waals surface area contributed by atoms with Crippen molar-refractivity contribution >= 4 is 72.4 Å². The van der Waals surface area contributed by atoms with E-state index in [1.807, 2.05) is 0 Å². The third-order valence-electron chi connectivity index (χ3n) is 15.3. The van der Waals surface area contributed by atoms with Crippen molar-refractivity contribution in [1.29, 1.82) is 0 Å². The topological polar surface area (TPSA) is 21.3 Å². The van der Waals surface area contributed by atoms with Crippen molar-refractivity contribution in [1.82, 2.24) is 4.57 Å². The van der Waals surface area contributed by atoms with E-state index in [0.29, 0.717) is 6.42 Å². The normalized spacial score (nSPS) is 14.5. The number of hydrogen-bond acceptors (Lipinski definition) is 2. The van der Waals surface area contributed by atoms with Crippen LogP contribution in [0.3, 0.4) is 0 Å². The zero-order valence-electron chi connectivity index (χ0n) is 38.9. The van der Waals surface area contributed by atoms with Gasteiger partial charge in [-0.15, -0.1) is 0 Å². The van der Waals surface area contributed by atoms with Gasteiger partial charge in [-0.1, -0.05) is 188 Å². The number of hydrogen-bond donors (Lipinski definition) is 0. The van der Waals surface area contributed by atoms with Crippen LogP contribution in [0.25, 0.3) is 77.6 Å². The summed E-state index contributed by atoms with van der Waals surface area (Å²) < 4.78 is 9.96. The van der Waals surface area contributed by atoms with E-state index in [-0.39, 0.29) is 0 Å². The molecule has 0 saturated heterocycles. The number of para-hydroxylation sites is 1. The van der Waals surface area contributed by atoms with Gasteiger partial charge in [0.1, 0.15) is 5.76 Å². The van der Waals surface area contributed by atoms with Gasteiger partial charge in [-0.3, -0.25) is 0 Å². The molecule has 3 aliphatic carbocycles. The lowest BCUT2D eigenvalue weighted by Crippen LogP contribution is -2.28. The van der Waals surface area contributed by atoms with E-state index in [1.54, 1.807) is 0 Å². The predicted molar refractivity (Wildman–Crippen MR) is 293 cm³/mol. The highest BCUT2D eigenvalue weighted by molar-refractivity contribution is 6.18. The summed E-state index contributed by atoms with van der Waals surface area (Å²) in [4.78, 5) is 2.49. The summed E-state index contributed by atoms with van der Waals surface area (Å²) in [5.41, 5.74) is 19.3. The minimum absolute atomic E-state index is 0.676. The molecule has 11 aromatic rings. The summed E-state index contributed by atoms with van der Waals surface area (Å²) in [5.74, 6) is 0.968. The number of benzene rings is 9. The number of aromatic nitrogens is 1. The maximum absolute atomic E-state index is 7.48. The number of rotatable bonds is 7. The van der Waals surface area contributed by atoms with Gasteiger partial charge in [-0.25, -0.2) is 0 Å². The second kappa shape index (κ2) is 16.0. The van der Waals surface area contributed by atoms with Crippen LogP contribution in [0.2, 0.25) is 0 Å². The van der Waals surface area contributed by atoms with Crippen molar-refractivity contribution in [3.63, 3.8) is 0 Å². The first kappa shape index (κ1) is 40.4. The Kier molecular flexibility index (Phi) is 9.22. The molecule has 0 amide bonds. The second-order valence-corrected chi connectivity index (χ2v) is 19.0. The molecule has 2 heterocycles. The summed E-state index contributed by atoms with van der Waals surface area (Å²) >= 11 is 0. The summed E-state index contributed by atoms with van der Waals surface area (Å²) in [6.45, 7) is 2.22. The SMILES string of the molecule is Cc1ccc(N(c2ccc3c(c2)c2ccccc2n3C2=CC=CCC2)c2cc3c(c4c5c(oc24)CC=CC=C5)-c2c(ccc4ccccc24)C3(c2ccccc2)c2ccccc2)cc1-c1ccccc1. The molecule has 3 heteroatoms. The number of aryl methyl sites for hydroxylation is 1. The predicted octanol–water partition coefficient (Wildman–Crippen LogP) is 17.8. The standard InChI is InChI=1S/C67H48N2O/c1-44-35-37-50(41-55(44)45-21-7-2-8-22-45)68(51-38-40-60-56(42-51)53-31-19-20-33-59(53)69(60)49-28-13-5-14-29-49)61-43-58-65(64-54-32-15-6-16-34-62(54)70-66(61)64)63-52-30-18-17-23-46(52)36-39-57(63)67(58,47-24-9-3-10-25-47)48-26-11-4-12-27-48/h2-13,15-28,30-33,35-43H,14,29,34H2,1H3. The zero-order valence-corrected chi connectivity index (χ0v) is 38.9. The number of furan rings is 1. The number of nitrogens with zero attached hydrogens (tertiary/aromatic N) is 2. The van der Waals surface area contributed by atoms with Crippen LogP contribution >= 0.6 is 0 Å². The summed E-state index contributed by atoms with van der Waals surface area (Å²) in [7, 11) is 0. The highest BCUT2D eigenvalue weighted by Crippen LogP contribution is 2.62. The maximum Gasteiger partial charge on any atom is 0.159 e. The van der Waals surface area contributed by atoms with E-state index in [0.717, 1.165) is 52.2 Å².